The van der Waals surface area contributed by atoms with Crippen LogP contribution in [0.1, 0.15) is 39.1 Å². The van der Waals surface area contributed by atoms with Crippen molar-refractivity contribution in [3.05, 3.63) is 55.9 Å². The van der Waals surface area contributed by atoms with Crippen molar-refractivity contribution < 1.29 is 9.53 Å². The molecule has 0 atom stereocenters. The van der Waals surface area contributed by atoms with E-state index in [1.165, 1.54) is 0 Å². The summed E-state index contributed by atoms with van der Waals surface area (Å²) < 4.78 is 5.49. The minimum atomic E-state index is -0.0436. The van der Waals surface area contributed by atoms with E-state index in [1.54, 1.807) is 25.4 Å². The number of H-pyrrole nitrogens is 1. The van der Waals surface area contributed by atoms with E-state index in [1.807, 2.05) is 32.0 Å². The van der Waals surface area contributed by atoms with Crippen molar-refractivity contribution in [2.75, 3.05) is 33.3 Å². The average Bonchev–Trinajstić information content (AvgIpc) is 3.03. The molecule has 7 nitrogen and oxygen atoms in total. The lowest BCUT2D eigenvalue weighted by molar-refractivity contribution is 0.101. The number of hydrogen-bond acceptors (Lipinski definition) is 7. The number of benzene rings is 1. The van der Waals surface area contributed by atoms with Gasteiger partial charge < -0.3 is 9.72 Å². The number of thiophene rings is 1. The van der Waals surface area contributed by atoms with E-state index in [4.69, 9.17) is 9.72 Å². The molecule has 8 heteroatoms. The summed E-state index contributed by atoms with van der Waals surface area (Å²) in [5, 5.41) is 0.720. The summed E-state index contributed by atoms with van der Waals surface area (Å²) in [7, 11) is 1.66. The fourth-order valence-electron chi connectivity index (χ4n) is 4.05. The van der Waals surface area contributed by atoms with Gasteiger partial charge in [0, 0.05) is 48.7 Å². The van der Waals surface area contributed by atoms with Gasteiger partial charge in [0.1, 0.15) is 16.4 Å². The monoisotopic (exact) mass is 440 g/mol. The zero-order chi connectivity index (χ0) is 22.1. The number of carbonyl (C=O) groups excluding carboxylic acids is 1. The second-order valence-corrected chi connectivity index (χ2v) is 9.31. The highest BCUT2D eigenvalue weighted by molar-refractivity contribution is 7.18. The number of nitrogens with one attached hydrogen (secondary N) is 1. The van der Waals surface area contributed by atoms with Gasteiger partial charge in [0.15, 0.2) is 5.78 Å². The van der Waals surface area contributed by atoms with Crippen LogP contribution < -0.4 is 10.3 Å². The summed E-state index contributed by atoms with van der Waals surface area (Å²) in [6.07, 6.45) is 0. The van der Waals surface area contributed by atoms with Crippen LogP contribution in [0.3, 0.4) is 0 Å². The number of aromatic amines is 1. The number of nitrogens with zero attached hydrogens (tertiary/aromatic N) is 3. The Morgan fingerprint density at radius 1 is 1.16 bits per heavy atom. The topological polar surface area (TPSA) is 78.5 Å². The first-order valence-electron chi connectivity index (χ1n) is 10.5. The van der Waals surface area contributed by atoms with Crippen LogP contribution in [0.15, 0.2) is 23.0 Å². The van der Waals surface area contributed by atoms with E-state index >= 15 is 0 Å². The van der Waals surface area contributed by atoms with Gasteiger partial charge in [-0.25, -0.2) is 4.98 Å². The van der Waals surface area contributed by atoms with Crippen molar-refractivity contribution in [2.24, 2.45) is 0 Å². The van der Waals surface area contributed by atoms with Gasteiger partial charge in [-0.1, -0.05) is 0 Å². The van der Waals surface area contributed by atoms with Crippen molar-refractivity contribution in [1.29, 1.82) is 0 Å². The number of ketones is 1. The third kappa shape index (κ3) is 4.56. The molecule has 3 aromatic rings. The van der Waals surface area contributed by atoms with E-state index in [0.29, 0.717) is 12.1 Å². The van der Waals surface area contributed by atoms with Crippen LogP contribution in [-0.2, 0) is 13.1 Å². The molecule has 0 radical (unpaired) electrons. The Morgan fingerprint density at radius 3 is 2.48 bits per heavy atom. The van der Waals surface area contributed by atoms with Crippen LogP contribution in [0.5, 0.6) is 5.75 Å². The molecule has 0 bridgehead atoms. The molecule has 4 rings (SSSR count). The molecule has 0 unspecified atom stereocenters. The highest BCUT2D eigenvalue weighted by atomic mass is 32.1. The molecular weight excluding hydrogens is 412 g/mol. The molecule has 3 heterocycles. The molecule has 1 aromatic carbocycles. The first-order chi connectivity index (χ1) is 14.9. The number of hydrogen-bond donors (Lipinski definition) is 1. The second-order valence-electron chi connectivity index (χ2n) is 8.11. The van der Waals surface area contributed by atoms with Crippen molar-refractivity contribution in [3.63, 3.8) is 0 Å². The lowest BCUT2D eigenvalue weighted by Gasteiger charge is -2.34. The van der Waals surface area contributed by atoms with Crippen LogP contribution >= 0.6 is 11.3 Å². The number of Topliss-reactive ketones (excluding diaryl/α,β-unsaturated/α-hetero) is 1. The molecule has 0 aliphatic carbocycles. The zero-order valence-electron chi connectivity index (χ0n) is 18.4. The first-order valence-corrected chi connectivity index (χ1v) is 11.3. The van der Waals surface area contributed by atoms with Gasteiger partial charge >= 0.3 is 0 Å². The van der Waals surface area contributed by atoms with E-state index in [-0.39, 0.29) is 11.3 Å². The number of ether oxygens (including phenoxy) is 1. The molecule has 0 spiro atoms. The Balaban J connectivity index is 1.41. The van der Waals surface area contributed by atoms with Gasteiger partial charge in [0.2, 0.25) is 0 Å². The van der Waals surface area contributed by atoms with Crippen molar-refractivity contribution >= 4 is 27.3 Å². The van der Waals surface area contributed by atoms with E-state index in [2.05, 4.69) is 14.8 Å². The second kappa shape index (κ2) is 8.90. The van der Waals surface area contributed by atoms with Gasteiger partial charge in [0.25, 0.3) is 5.56 Å². The fourth-order valence-corrected chi connectivity index (χ4v) is 5.10. The number of carbonyl (C=O) groups is 1. The molecule has 1 aliphatic rings. The molecule has 2 aromatic heterocycles. The largest absolute Gasteiger partial charge is 0.496 e. The quantitative estimate of drug-likeness (QED) is 0.594. The predicted octanol–water partition coefficient (Wildman–Crippen LogP) is 3.13. The number of fused-ring (bicyclic) bond motifs is 1. The molecule has 1 saturated heterocycles. The van der Waals surface area contributed by atoms with Gasteiger partial charge in [-0.05, 0) is 44.5 Å². The molecule has 1 fully saturated rings. The number of aromatic nitrogens is 2. The number of piperazine rings is 1. The molecule has 0 saturated carbocycles. The smallest absolute Gasteiger partial charge is 0.259 e. The summed E-state index contributed by atoms with van der Waals surface area (Å²) in [4.78, 5) is 38.6. The highest BCUT2D eigenvalue weighted by Crippen LogP contribution is 2.26. The summed E-state index contributed by atoms with van der Waals surface area (Å²) in [5.41, 5.74) is 2.72. The summed E-state index contributed by atoms with van der Waals surface area (Å²) in [6, 6.07) is 5.61. The SMILES string of the molecule is COc1ccc(C(C)=O)cc1CN1CCN(Cc2nc3sc(C)c(C)c3c(=O)[nH]2)CC1. The van der Waals surface area contributed by atoms with Gasteiger partial charge in [-0.2, -0.15) is 0 Å². The number of rotatable bonds is 6. The highest BCUT2D eigenvalue weighted by Gasteiger charge is 2.20. The molecular formula is C23H28N4O3S. The standard InChI is InChI=1S/C23H28N4O3S/c1-14-16(3)31-23-21(14)22(29)24-20(25-23)13-27-9-7-26(8-10-27)12-18-11-17(15(2)28)5-6-19(18)30-4/h5-6,11H,7-10,12-13H2,1-4H3,(H,24,25,29). The number of aryl methyl sites for hydroxylation is 2. The van der Waals surface area contributed by atoms with Gasteiger partial charge in [-0.3, -0.25) is 19.4 Å². The first kappa shape index (κ1) is 21.7. The maximum atomic E-state index is 12.5. The molecule has 31 heavy (non-hydrogen) atoms. The Bertz CT molecular complexity index is 1180. The molecule has 0 amide bonds. The summed E-state index contributed by atoms with van der Waals surface area (Å²) in [5.74, 6) is 1.59. The zero-order valence-corrected chi connectivity index (χ0v) is 19.3. The van der Waals surface area contributed by atoms with Crippen LogP contribution in [-0.4, -0.2) is 58.8 Å². The van der Waals surface area contributed by atoms with E-state index in [0.717, 1.165) is 70.5 Å². The molecule has 1 aliphatic heterocycles. The lowest BCUT2D eigenvalue weighted by atomic mass is 10.1. The molecule has 1 N–H and O–H groups in total. The predicted molar refractivity (Wildman–Crippen MR) is 123 cm³/mol. The Kier molecular flexibility index (Phi) is 6.22. The fraction of sp³-hybridized carbons (Fsp3) is 0.435. The van der Waals surface area contributed by atoms with Crippen molar-refractivity contribution in [2.45, 2.75) is 33.9 Å². The summed E-state index contributed by atoms with van der Waals surface area (Å²) in [6.45, 7) is 10.5. The minimum absolute atomic E-state index is 0.0436. The third-order valence-corrected chi connectivity index (χ3v) is 7.11. The Hall–Kier alpha value is -2.55. The van der Waals surface area contributed by atoms with Gasteiger partial charge in [-0.15, -0.1) is 11.3 Å². The van der Waals surface area contributed by atoms with Crippen LogP contribution in [0, 0.1) is 13.8 Å². The van der Waals surface area contributed by atoms with Crippen LogP contribution in [0.4, 0.5) is 0 Å². The third-order valence-electron chi connectivity index (χ3n) is 6.01. The minimum Gasteiger partial charge on any atom is -0.496 e. The Morgan fingerprint density at radius 2 is 1.84 bits per heavy atom. The summed E-state index contributed by atoms with van der Waals surface area (Å²) >= 11 is 1.58. The van der Waals surface area contributed by atoms with E-state index < -0.39 is 0 Å². The van der Waals surface area contributed by atoms with Crippen LogP contribution in [0.25, 0.3) is 10.2 Å². The van der Waals surface area contributed by atoms with Gasteiger partial charge in [0.05, 0.1) is 19.0 Å². The maximum Gasteiger partial charge on any atom is 0.259 e. The van der Waals surface area contributed by atoms with Crippen molar-refractivity contribution in [3.8, 4) is 5.75 Å². The lowest BCUT2D eigenvalue weighted by Crippen LogP contribution is -2.45. The Labute approximate surface area is 185 Å². The molecule has 164 valence electrons. The van der Waals surface area contributed by atoms with E-state index in [9.17, 15) is 9.59 Å². The number of methoxy groups -OCH3 is 1. The normalized spacial score (nSPS) is 15.5. The van der Waals surface area contributed by atoms with Crippen LogP contribution in [0.2, 0.25) is 0 Å². The maximum absolute atomic E-state index is 12.5. The average molecular weight is 441 g/mol. The van der Waals surface area contributed by atoms with Crippen molar-refractivity contribution in [1.82, 2.24) is 19.8 Å².